The minimum Gasteiger partial charge on any atom is -0.508 e. The van der Waals surface area contributed by atoms with Crippen molar-refractivity contribution in [3.63, 3.8) is 0 Å². The smallest absolute Gasteiger partial charge is 0.236 e. The maximum atomic E-state index is 12.0. The lowest BCUT2D eigenvalue weighted by atomic mass is 10.2. The van der Waals surface area contributed by atoms with E-state index in [1.54, 1.807) is 30.3 Å². The third-order valence-corrected chi connectivity index (χ3v) is 4.12. The van der Waals surface area contributed by atoms with Crippen LogP contribution < -0.4 is 4.72 Å². The number of rotatable bonds is 4. The lowest BCUT2D eigenvalue weighted by Gasteiger charge is -2.08. The molecule has 0 unspecified atom stereocenters. The maximum Gasteiger partial charge on any atom is 0.236 e. The fraction of sp³-hybridized carbons (Fsp3) is 0.0769. The van der Waals surface area contributed by atoms with Gasteiger partial charge >= 0.3 is 0 Å². The molecule has 0 bridgehead atoms. The van der Waals surface area contributed by atoms with Crippen LogP contribution in [0.15, 0.2) is 53.0 Å². The molecule has 0 aliphatic carbocycles. The van der Waals surface area contributed by atoms with Crippen LogP contribution in [0.4, 0.5) is 5.69 Å². The summed E-state index contributed by atoms with van der Waals surface area (Å²) in [5.74, 6) is -0.107. The van der Waals surface area contributed by atoms with Crippen molar-refractivity contribution in [2.24, 2.45) is 0 Å². The maximum absolute atomic E-state index is 12.0. The van der Waals surface area contributed by atoms with Gasteiger partial charge in [-0.2, -0.15) is 0 Å². The first kappa shape index (κ1) is 13.9. The first-order valence-corrected chi connectivity index (χ1v) is 7.93. The van der Waals surface area contributed by atoms with Crippen LogP contribution in [-0.2, 0) is 15.8 Å². The van der Waals surface area contributed by atoms with E-state index in [0.717, 1.165) is 4.47 Å². The highest BCUT2D eigenvalue weighted by molar-refractivity contribution is 9.10. The molecule has 2 aromatic carbocycles. The molecule has 0 aliphatic rings. The lowest BCUT2D eigenvalue weighted by molar-refractivity contribution is 0.475. The van der Waals surface area contributed by atoms with Gasteiger partial charge in [0.25, 0.3) is 0 Å². The molecule has 19 heavy (non-hydrogen) atoms. The van der Waals surface area contributed by atoms with Gasteiger partial charge in [0.2, 0.25) is 10.0 Å². The van der Waals surface area contributed by atoms with Crippen molar-refractivity contribution in [3.8, 4) is 5.75 Å². The number of benzene rings is 2. The van der Waals surface area contributed by atoms with Crippen LogP contribution in [0.5, 0.6) is 5.75 Å². The summed E-state index contributed by atoms with van der Waals surface area (Å²) in [6, 6.07) is 13.1. The summed E-state index contributed by atoms with van der Waals surface area (Å²) in [4.78, 5) is 0. The van der Waals surface area contributed by atoms with E-state index in [9.17, 15) is 13.5 Å². The predicted molar refractivity (Wildman–Crippen MR) is 78.5 cm³/mol. The minimum atomic E-state index is -3.50. The molecule has 0 amide bonds. The van der Waals surface area contributed by atoms with Gasteiger partial charge in [-0.3, -0.25) is 4.72 Å². The highest BCUT2D eigenvalue weighted by Crippen LogP contribution is 2.19. The molecule has 2 rings (SSSR count). The van der Waals surface area contributed by atoms with E-state index < -0.39 is 10.0 Å². The average Bonchev–Trinajstić information content (AvgIpc) is 2.27. The monoisotopic (exact) mass is 341 g/mol. The Hall–Kier alpha value is -1.53. The summed E-state index contributed by atoms with van der Waals surface area (Å²) in [5.41, 5.74) is 1.03. The van der Waals surface area contributed by atoms with Crippen molar-refractivity contribution in [1.29, 1.82) is 0 Å². The molecule has 0 heterocycles. The zero-order valence-electron chi connectivity index (χ0n) is 9.88. The highest BCUT2D eigenvalue weighted by atomic mass is 79.9. The molecule has 0 saturated carbocycles. The van der Waals surface area contributed by atoms with Gasteiger partial charge < -0.3 is 5.11 Å². The number of sulfonamides is 1. The summed E-state index contributed by atoms with van der Waals surface area (Å²) in [6.45, 7) is 0. The Morgan fingerprint density at radius 3 is 2.53 bits per heavy atom. The Labute approximate surface area is 120 Å². The molecule has 0 fully saturated rings. The molecule has 2 aromatic rings. The average molecular weight is 342 g/mol. The summed E-state index contributed by atoms with van der Waals surface area (Å²) >= 11 is 3.30. The molecule has 4 nitrogen and oxygen atoms in total. The van der Waals surface area contributed by atoms with Crippen molar-refractivity contribution in [1.82, 2.24) is 0 Å². The molecule has 0 atom stereocenters. The van der Waals surface area contributed by atoms with Crippen LogP contribution in [0.3, 0.4) is 0 Å². The normalized spacial score (nSPS) is 11.2. The third kappa shape index (κ3) is 4.25. The van der Waals surface area contributed by atoms with Crippen molar-refractivity contribution in [2.75, 3.05) is 4.72 Å². The first-order valence-electron chi connectivity index (χ1n) is 5.49. The second-order valence-electron chi connectivity index (χ2n) is 4.04. The number of halogens is 1. The van der Waals surface area contributed by atoms with Gasteiger partial charge in [0.15, 0.2) is 0 Å². The zero-order chi connectivity index (χ0) is 13.9. The number of aromatic hydroxyl groups is 1. The molecule has 0 spiro atoms. The molecule has 2 N–H and O–H groups in total. The van der Waals surface area contributed by atoms with E-state index in [1.807, 2.05) is 6.07 Å². The summed E-state index contributed by atoms with van der Waals surface area (Å²) in [6.07, 6.45) is 0. The van der Waals surface area contributed by atoms with E-state index in [2.05, 4.69) is 20.7 Å². The number of phenolic OH excluding ortho intramolecular Hbond substituents is 1. The van der Waals surface area contributed by atoms with Crippen molar-refractivity contribution >= 4 is 31.6 Å². The van der Waals surface area contributed by atoms with Crippen LogP contribution >= 0.6 is 15.9 Å². The van der Waals surface area contributed by atoms with E-state index in [1.165, 1.54) is 12.1 Å². The Kier molecular flexibility index (Phi) is 4.11. The van der Waals surface area contributed by atoms with Gasteiger partial charge in [-0.25, -0.2) is 8.42 Å². The van der Waals surface area contributed by atoms with E-state index in [0.29, 0.717) is 11.3 Å². The fourth-order valence-electron chi connectivity index (χ4n) is 1.63. The summed E-state index contributed by atoms with van der Waals surface area (Å²) in [7, 11) is -3.50. The van der Waals surface area contributed by atoms with Gasteiger partial charge in [0, 0.05) is 10.5 Å². The number of phenols is 1. The van der Waals surface area contributed by atoms with Gasteiger partial charge in [0.05, 0.1) is 11.4 Å². The standard InChI is InChI=1S/C13H12BrNO3S/c14-11-4-1-3-10(7-11)9-19(17,18)15-12-5-2-6-13(16)8-12/h1-8,15-16H,9H2. The lowest BCUT2D eigenvalue weighted by Crippen LogP contribution is -2.14. The summed E-state index contributed by atoms with van der Waals surface area (Å²) < 4.78 is 27.2. The van der Waals surface area contributed by atoms with E-state index in [4.69, 9.17) is 0 Å². The van der Waals surface area contributed by atoms with E-state index >= 15 is 0 Å². The predicted octanol–water partition coefficient (Wildman–Crippen LogP) is 3.10. The minimum absolute atomic E-state index is 0.0163. The molecule has 0 radical (unpaired) electrons. The van der Waals surface area contributed by atoms with E-state index in [-0.39, 0.29) is 11.5 Å². The molecule has 0 aliphatic heterocycles. The zero-order valence-corrected chi connectivity index (χ0v) is 12.3. The second kappa shape index (κ2) is 5.63. The SMILES string of the molecule is O=S(=O)(Cc1cccc(Br)c1)Nc1cccc(O)c1. The van der Waals surface area contributed by atoms with Crippen molar-refractivity contribution < 1.29 is 13.5 Å². The Bertz CT molecular complexity index is 632. The molecular weight excluding hydrogens is 330 g/mol. The number of anilines is 1. The van der Waals surface area contributed by atoms with Crippen LogP contribution in [0.2, 0.25) is 0 Å². The number of hydrogen-bond donors (Lipinski definition) is 2. The molecule has 100 valence electrons. The number of hydrogen-bond acceptors (Lipinski definition) is 3. The van der Waals surface area contributed by atoms with Crippen LogP contribution in [0.25, 0.3) is 0 Å². The molecule has 0 aromatic heterocycles. The molecular formula is C13H12BrNO3S. The van der Waals surface area contributed by atoms with Gasteiger partial charge in [-0.05, 0) is 29.8 Å². The Morgan fingerprint density at radius 2 is 1.84 bits per heavy atom. The van der Waals surface area contributed by atoms with Gasteiger partial charge in [-0.15, -0.1) is 0 Å². The first-order chi connectivity index (χ1) is 8.94. The van der Waals surface area contributed by atoms with Crippen molar-refractivity contribution in [3.05, 3.63) is 58.6 Å². The number of nitrogens with one attached hydrogen (secondary N) is 1. The quantitative estimate of drug-likeness (QED) is 0.897. The van der Waals surface area contributed by atoms with Gasteiger partial charge in [0.1, 0.15) is 5.75 Å². The Balaban J connectivity index is 2.15. The fourth-order valence-corrected chi connectivity index (χ4v) is 3.25. The second-order valence-corrected chi connectivity index (χ2v) is 6.68. The topological polar surface area (TPSA) is 66.4 Å². The van der Waals surface area contributed by atoms with Crippen LogP contribution in [0.1, 0.15) is 5.56 Å². The van der Waals surface area contributed by atoms with Gasteiger partial charge in [-0.1, -0.05) is 34.1 Å². The van der Waals surface area contributed by atoms with Crippen LogP contribution in [0, 0.1) is 0 Å². The highest BCUT2D eigenvalue weighted by Gasteiger charge is 2.12. The largest absolute Gasteiger partial charge is 0.508 e. The van der Waals surface area contributed by atoms with Crippen molar-refractivity contribution in [2.45, 2.75) is 5.75 Å². The molecule has 0 saturated heterocycles. The molecule has 6 heteroatoms. The summed E-state index contributed by atoms with van der Waals surface area (Å²) in [5, 5.41) is 9.30. The Morgan fingerprint density at radius 1 is 1.11 bits per heavy atom. The van der Waals surface area contributed by atoms with Crippen LogP contribution in [-0.4, -0.2) is 13.5 Å². The third-order valence-electron chi connectivity index (χ3n) is 2.37.